The van der Waals surface area contributed by atoms with Gasteiger partial charge in [-0.05, 0) is 31.2 Å². The summed E-state index contributed by atoms with van der Waals surface area (Å²) in [5, 5.41) is 9.03. The zero-order valence-electron chi connectivity index (χ0n) is 12.9. The molecule has 0 radical (unpaired) electrons. The molecule has 5 nitrogen and oxygen atoms in total. The van der Waals surface area contributed by atoms with Crippen LogP contribution in [0.5, 0.6) is 5.75 Å². The largest absolute Gasteiger partial charge is 0.493 e. The number of carboxylic acids is 1. The first-order valence-corrected chi connectivity index (χ1v) is 7.60. The maximum Gasteiger partial charge on any atom is 0.303 e. The second-order valence-corrected chi connectivity index (χ2v) is 5.16. The minimum Gasteiger partial charge on any atom is -0.493 e. The Morgan fingerprint density at radius 1 is 1.22 bits per heavy atom. The minimum absolute atomic E-state index is 0.0620. The van der Waals surface area contributed by atoms with E-state index in [0.717, 1.165) is 28.3 Å². The van der Waals surface area contributed by atoms with E-state index < -0.39 is 5.97 Å². The van der Waals surface area contributed by atoms with E-state index in [4.69, 9.17) is 14.8 Å². The fraction of sp³-hybridized carbons (Fsp3) is 0.222. The van der Waals surface area contributed by atoms with Crippen molar-refractivity contribution in [3.63, 3.8) is 0 Å². The van der Waals surface area contributed by atoms with E-state index >= 15 is 0 Å². The Balaban J connectivity index is 2.16. The third-order valence-electron chi connectivity index (χ3n) is 3.65. The summed E-state index contributed by atoms with van der Waals surface area (Å²) in [4.78, 5) is 15.7. The van der Waals surface area contributed by atoms with Gasteiger partial charge in [0, 0.05) is 18.2 Å². The third kappa shape index (κ3) is 3.04. The highest BCUT2D eigenvalue weighted by Crippen LogP contribution is 2.32. The molecule has 0 amide bonds. The molecule has 0 spiro atoms. The van der Waals surface area contributed by atoms with Crippen molar-refractivity contribution in [1.82, 2.24) is 9.38 Å². The van der Waals surface area contributed by atoms with E-state index in [1.807, 2.05) is 60.0 Å². The fourth-order valence-electron chi connectivity index (χ4n) is 2.67. The molecule has 3 rings (SSSR count). The van der Waals surface area contributed by atoms with Gasteiger partial charge >= 0.3 is 5.97 Å². The second-order valence-electron chi connectivity index (χ2n) is 5.16. The van der Waals surface area contributed by atoms with Crippen LogP contribution in [-0.2, 0) is 11.2 Å². The molecule has 118 valence electrons. The van der Waals surface area contributed by atoms with Crippen LogP contribution in [0.15, 0.2) is 48.7 Å². The molecule has 0 saturated heterocycles. The number of carbonyl (C=O) groups is 1. The maximum absolute atomic E-state index is 11.0. The summed E-state index contributed by atoms with van der Waals surface area (Å²) in [6.45, 7) is 2.50. The van der Waals surface area contributed by atoms with Crippen molar-refractivity contribution in [2.75, 3.05) is 6.61 Å². The zero-order valence-corrected chi connectivity index (χ0v) is 12.9. The van der Waals surface area contributed by atoms with Crippen molar-refractivity contribution >= 4 is 11.6 Å². The highest BCUT2D eigenvalue weighted by Gasteiger charge is 2.17. The Labute approximate surface area is 134 Å². The number of rotatable bonds is 6. The smallest absolute Gasteiger partial charge is 0.303 e. The second kappa shape index (κ2) is 6.52. The molecule has 0 unspecified atom stereocenters. The quantitative estimate of drug-likeness (QED) is 0.757. The van der Waals surface area contributed by atoms with Gasteiger partial charge in [-0.25, -0.2) is 4.98 Å². The number of ether oxygens (including phenoxy) is 1. The van der Waals surface area contributed by atoms with Crippen LogP contribution in [0.4, 0.5) is 0 Å². The summed E-state index contributed by atoms with van der Waals surface area (Å²) in [7, 11) is 0. The lowest BCUT2D eigenvalue weighted by molar-refractivity contribution is -0.136. The molecule has 0 saturated carbocycles. The Morgan fingerprint density at radius 3 is 2.78 bits per heavy atom. The van der Waals surface area contributed by atoms with Gasteiger partial charge in [-0.1, -0.05) is 18.2 Å². The summed E-state index contributed by atoms with van der Waals surface area (Å²) in [6, 6.07) is 13.5. The number of pyridine rings is 1. The van der Waals surface area contributed by atoms with Gasteiger partial charge in [0.15, 0.2) is 0 Å². The van der Waals surface area contributed by atoms with E-state index in [2.05, 4.69) is 0 Å². The lowest BCUT2D eigenvalue weighted by atomic mass is 10.1. The van der Waals surface area contributed by atoms with Crippen molar-refractivity contribution in [2.24, 2.45) is 0 Å². The molecule has 0 atom stereocenters. The van der Waals surface area contributed by atoms with Gasteiger partial charge in [0.2, 0.25) is 0 Å². The number of hydrogen-bond donors (Lipinski definition) is 1. The van der Waals surface area contributed by atoms with Crippen molar-refractivity contribution < 1.29 is 14.6 Å². The molecule has 3 aromatic rings. The first-order chi connectivity index (χ1) is 11.2. The van der Waals surface area contributed by atoms with E-state index in [1.165, 1.54) is 0 Å². The average molecular weight is 310 g/mol. The fourth-order valence-corrected chi connectivity index (χ4v) is 2.67. The van der Waals surface area contributed by atoms with Crippen molar-refractivity contribution in [1.29, 1.82) is 0 Å². The first kappa shape index (κ1) is 15.1. The van der Waals surface area contributed by atoms with Gasteiger partial charge in [-0.15, -0.1) is 0 Å². The average Bonchev–Trinajstić information content (AvgIpc) is 2.92. The molecule has 23 heavy (non-hydrogen) atoms. The van der Waals surface area contributed by atoms with Gasteiger partial charge in [-0.2, -0.15) is 0 Å². The number of hydrogen-bond acceptors (Lipinski definition) is 3. The number of aryl methyl sites for hydroxylation is 1. The summed E-state index contributed by atoms with van der Waals surface area (Å²) in [5.74, 6) is -0.0603. The predicted octanol–water partition coefficient (Wildman–Crippen LogP) is 3.42. The van der Waals surface area contributed by atoms with Gasteiger partial charge in [-0.3, -0.25) is 4.79 Å². The third-order valence-corrected chi connectivity index (χ3v) is 3.65. The molecule has 1 N–H and O–H groups in total. The van der Waals surface area contributed by atoms with Crippen molar-refractivity contribution in [3.8, 4) is 17.0 Å². The number of carboxylic acid groups (broad SMARTS) is 1. The molecule has 0 aliphatic heterocycles. The van der Waals surface area contributed by atoms with Crippen LogP contribution >= 0.6 is 0 Å². The number of benzene rings is 1. The van der Waals surface area contributed by atoms with E-state index in [1.54, 1.807) is 0 Å². The molecule has 0 aliphatic rings. The van der Waals surface area contributed by atoms with Crippen LogP contribution in [0.3, 0.4) is 0 Å². The molecular formula is C18H18N2O3. The molecule has 2 heterocycles. The molecule has 2 aromatic heterocycles. The number of aliphatic carboxylic acids is 1. The number of aromatic nitrogens is 2. The molecule has 0 bridgehead atoms. The Hall–Kier alpha value is -2.82. The Kier molecular flexibility index (Phi) is 4.28. The topological polar surface area (TPSA) is 63.8 Å². The highest BCUT2D eigenvalue weighted by molar-refractivity contribution is 5.73. The van der Waals surface area contributed by atoms with Crippen molar-refractivity contribution in [2.45, 2.75) is 19.8 Å². The van der Waals surface area contributed by atoms with E-state index in [-0.39, 0.29) is 6.42 Å². The number of fused-ring (bicyclic) bond motifs is 1. The predicted molar refractivity (Wildman–Crippen MR) is 87.8 cm³/mol. The van der Waals surface area contributed by atoms with Crippen LogP contribution in [0.25, 0.3) is 16.9 Å². The molecular weight excluding hydrogens is 292 g/mol. The van der Waals surface area contributed by atoms with Gasteiger partial charge in [0.25, 0.3) is 0 Å². The summed E-state index contributed by atoms with van der Waals surface area (Å²) < 4.78 is 7.65. The lowest BCUT2D eigenvalue weighted by Gasteiger charge is -2.10. The molecule has 1 aromatic carbocycles. The van der Waals surface area contributed by atoms with Crippen LogP contribution in [0.1, 0.15) is 19.0 Å². The number of nitrogens with zero attached hydrogens (tertiary/aromatic N) is 2. The summed E-state index contributed by atoms with van der Waals surface area (Å²) in [5.41, 5.74) is 3.35. The number of para-hydroxylation sites is 1. The van der Waals surface area contributed by atoms with Gasteiger partial charge in [0.05, 0.1) is 24.4 Å². The Morgan fingerprint density at radius 2 is 2.00 bits per heavy atom. The van der Waals surface area contributed by atoms with Crippen LogP contribution in [0.2, 0.25) is 0 Å². The normalized spacial score (nSPS) is 10.8. The lowest BCUT2D eigenvalue weighted by Crippen LogP contribution is -2.02. The molecule has 5 heteroatoms. The van der Waals surface area contributed by atoms with Crippen LogP contribution < -0.4 is 4.74 Å². The molecule has 0 aliphatic carbocycles. The Bertz CT molecular complexity index is 839. The minimum atomic E-state index is -0.820. The highest BCUT2D eigenvalue weighted by atomic mass is 16.5. The van der Waals surface area contributed by atoms with Gasteiger partial charge in [0.1, 0.15) is 11.4 Å². The van der Waals surface area contributed by atoms with Crippen LogP contribution in [-0.4, -0.2) is 27.1 Å². The monoisotopic (exact) mass is 310 g/mol. The van der Waals surface area contributed by atoms with Gasteiger partial charge < -0.3 is 14.2 Å². The first-order valence-electron chi connectivity index (χ1n) is 7.60. The molecule has 0 fully saturated rings. The van der Waals surface area contributed by atoms with E-state index in [0.29, 0.717) is 13.0 Å². The SMILES string of the molecule is CCOc1ccccc1-c1nc2ccccn2c1CCC(=O)O. The maximum atomic E-state index is 11.0. The zero-order chi connectivity index (χ0) is 16.2. The van der Waals surface area contributed by atoms with Crippen molar-refractivity contribution in [3.05, 3.63) is 54.4 Å². The summed E-state index contributed by atoms with van der Waals surface area (Å²) in [6.07, 6.45) is 2.38. The number of imidazole rings is 1. The van der Waals surface area contributed by atoms with E-state index in [9.17, 15) is 4.79 Å². The van der Waals surface area contributed by atoms with Crippen LogP contribution in [0, 0.1) is 0 Å². The summed E-state index contributed by atoms with van der Waals surface area (Å²) >= 11 is 0. The standard InChI is InChI=1S/C18H18N2O3/c1-2-23-15-8-4-3-7-13(15)18-14(10-11-17(21)22)20-12-6-5-9-16(20)19-18/h3-9,12H,2,10-11H2,1H3,(H,21,22).